The van der Waals surface area contributed by atoms with Gasteiger partial charge in [0.05, 0.1) is 30.6 Å². The molecule has 16 nitrogen and oxygen atoms in total. The number of halogens is 1. The summed E-state index contributed by atoms with van der Waals surface area (Å²) in [6.45, 7) is 4.11. The van der Waals surface area contributed by atoms with Gasteiger partial charge in [0.1, 0.15) is 11.6 Å². The third-order valence-electron chi connectivity index (χ3n) is 14.3. The number of aryl methyl sites for hydroxylation is 1. The first kappa shape index (κ1) is 42.0. The topological polar surface area (TPSA) is 183 Å². The van der Waals surface area contributed by atoms with Gasteiger partial charge >= 0.3 is 0 Å². The lowest BCUT2D eigenvalue weighted by Crippen LogP contribution is -2.68. The monoisotopic (exact) mass is 913 g/mol. The minimum atomic E-state index is -1.10. The smallest absolute Gasteiger partial charge is 0.270 e. The first-order valence-corrected chi connectivity index (χ1v) is 23.4. The van der Waals surface area contributed by atoms with Crippen LogP contribution in [0.15, 0.2) is 78.6 Å². The van der Waals surface area contributed by atoms with Gasteiger partial charge in [-0.3, -0.25) is 34.6 Å². The summed E-state index contributed by atoms with van der Waals surface area (Å²) in [4.78, 5) is 82.1. The summed E-state index contributed by atoms with van der Waals surface area (Å²) in [5, 5.41) is 18.9. The summed E-state index contributed by atoms with van der Waals surface area (Å²) in [6.07, 6.45) is 6.67. The van der Waals surface area contributed by atoms with E-state index in [-0.39, 0.29) is 47.7 Å². The molecule has 4 saturated heterocycles. The molecule has 3 N–H and O–H groups in total. The number of nitrogens with zero attached hydrogens (tertiary/aromatic N) is 7. The Balaban J connectivity index is 0.685. The number of aliphatic hydroxyl groups is 1. The molecule has 0 spiro atoms. The summed E-state index contributed by atoms with van der Waals surface area (Å²) in [5.74, 6) is -1.70. The Labute approximate surface area is 383 Å². The van der Waals surface area contributed by atoms with Crippen molar-refractivity contribution in [1.29, 1.82) is 0 Å². The lowest BCUT2D eigenvalue weighted by atomic mass is 9.66. The van der Waals surface area contributed by atoms with Crippen molar-refractivity contribution >= 4 is 57.4 Å². The number of piperazine rings is 1. The van der Waals surface area contributed by atoms with Crippen LogP contribution in [-0.4, -0.2) is 109 Å². The van der Waals surface area contributed by atoms with E-state index in [4.69, 9.17) is 4.74 Å². The maximum Gasteiger partial charge on any atom is 0.270 e. The zero-order valence-corrected chi connectivity index (χ0v) is 36.9. The highest BCUT2D eigenvalue weighted by Gasteiger charge is 2.60. The van der Waals surface area contributed by atoms with Crippen molar-refractivity contribution in [3.05, 3.63) is 107 Å². The van der Waals surface area contributed by atoms with Crippen molar-refractivity contribution in [3.63, 3.8) is 0 Å². The maximum atomic E-state index is 16.0. The summed E-state index contributed by atoms with van der Waals surface area (Å²) >= 11 is 1.27. The van der Waals surface area contributed by atoms with Crippen LogP contribution < -0.4 is 25.2 Å². The molecule has 12 rings (SSSR count). The normalized spacial score (nSPS) is 22.4. The Morgan fingerprint density at radius 1 is 0.909 bits per heavy atom. The molecule has 2 aromatic heterocycles. The molecule has 340 valence electrons. The average molecular weight is 914 g/mol. The van der Waals surface area contributed by atoms with Gasteiger partial charge in [0.15, 0.2) is 16.8 Å². The van der Waals surface area contributed by atoms with Gasteiger partial charge in [-0.2, -0.15) is 0 Å². The van der Waals surface area contributed by atoms with Crippen molar-refractivity contribution in [2.24, 2.45) is 5.92 Å². The highest BCUT2D eigenvalue weighted by Crippen LogP contribution is 2.45. The molecule has 1 unspecified atom stereocenters. The number of fused-ring (bicyclic) bond motifs is 4. The Bertz CT molecular complexity index is 2740. The molecule has 5 fully saturated rings. The second-order valence-electron chi connectivity index (χ2n) is 18.3. The first-order chi connectivity index (χ1) is 31.9. The number of imidazole rings is 1. The Hall–Kier alpha value is -6.66. The Morgan fingerprint density at radius 2 is 1.62 bits per heavy atom. The number of piperidine rings is 3. The first-order valence-electron chi connectivity index (χ1n) is 22.6. The number of carbonyl (C=O) groups excluding carboxylic acids is 5. The van der Waals surface area contributed by atoms with Crippen LogP contribution in [0.25, 0.3) is 11.1 Å². The summed E-state index contributed by atoms with van der Waals surface area (Å²) in [6, 6.07) is 17.3. The number of hydrogen-bond donors (Lipinski definition) is 3. The van der Waals surface area contributed by atoms with Gasteiger partial charge in [0, 0.05) is 104 Å². The number of imide groups is 1. The van der Waals surface area contributed by atoms with Crippen molar-refractivity contribution in [2.45, 2.75) is 75.3 Å². The zero-order valence-electron chi connectivity index (χ0n) is 36.1. The molecular formula is C48H48FN9O7S. The van der Waals surface area contributed by atoms with Crippen molar-refractivity contribution in [2.75, 3.05) is 54.4 Å². The molecule has 6 aliphatic heterocycles. The van der Waals surface area contributed by atoms with Crippen molar-refractivity contribution in [1.82, 2.24) is 29.7 Å². The van der Waals surface area contributed by atoms with Gasteiger partial charge in [-0.25, -0.2) is 14.4 Å². The van der Waals surface area contributed by atoms with Crippen LogP contribution in [0.4, 0.5) is 20.9 Å². The van der Waals surface area contributed by atoms with Gasteiger partial charge < -0.3 is 34.0 Å². The second-order valence-corrected chi connectivity index (χ2v) is 19.2. The molecule has 1 saturated carbocycles. The zero-order chi connectivity index (χ0) is 45.3. The predicted octanol–water partition coefficient (Wildman–Crippen LogP) is 4.68. The molecule has 5 aromatic rings. The van der Waals surface area contributed by atoms with Crippen LogP contribution in [0.5, 0.6) is 5.75 Å². The lowest BCUT2D eigenvalue weighted by molar-refractivity contribution is -0.168. The van der Waals surface area contributed by atoms with E-state index >= 15 is 4.39 Å². The van der Waals surface area contributed by atoms with Crippen LogP contribution in [0, 0.1) is 11.7 Å². The third-order valence-corrected chi connectivity index (χ3v) is 15.0. The van der Waals surface area contributed by atoms with E-state index in [0.717, 1.165) is 42.0 Å². The van der Waals surface area contributed by atoms with E-state index in [9.17, 15) is 29.1 Å². The van der Waals surface area contributed by atoms with Crippen molar-refractivity contribution in [3.8, 4) is 16.9 Å². The number of benzene rings is 3. The SMILES string of the molecule is O=C1NC(=O)C2(Oc3ccc(N4CCC(O)(CC(=O)N5CCN(c6ccc(-c7cc(F)c8c(c7)C(=O)N(C(C(=O)Nc7nccs7)c7ncn9c7CCC9)C8)cc6)CC5)CC4)cc3)CC1C2. The second kappa shape index (κ2) is 16.3. The quantitative estimate of drug-likeness (QED) is 0.157. The van der Waals surface area contributed by atoms with Gasteiger partial charge in [-0.15, -0.1) is 11.3 Å². The van der Waals surface area contributed by atoms with Gasteiger partial charge in [0.2, 0.25) is 11.8 Å². The van der Waals surface area contributed by atoms with Gasteiger partial charge in [-0.05, 0) is 85.3 Å². The maximum absolute atomic E-state index is 16.0. The minimum absolute atomic E-state index is 0.0550. The van der Waals surface area contributed by atoms with Crippen LogP contribution in [0.1, 0.15) is 71.9 Å². The van der Waals surface area contributed by atoms with E-state index < -0.39 is 34.9 Å². The highest BCUT2D eigenvalue weighted by atomic mass is 32.1. The van der Waals surface area contributed by atoms with E-state index in [1.54, 1.807) is 24.0 Å². The highest BCUT2D eigenvalue weighted by molar-refractivity contribution is 7.13. The van der Waals surface area contributed by atoms with Crippen LogP contribution in [0.3, 0.4) is 0 Å². The summed E-state index contributed by atoms with van der Waals surface area (Å²) < 4.78 is 24.0. The van der Waals surface area contributed by atoms with Crippen LogP contribution in [-0.2, 0) is 38.7 Å². The van der Waals surface area contributed by atoms with E-state index in [2.05, 4.69) is 30.4 Å². The molecule has 2 bridgehead atoms. The fourth-order valence-electron chi connectivity index (χ4n) is 10.5. The molecule has 0 radical (unpaired) electrons. The molecule has 5 amide bonds. The molecule has 3 aromatic carbocycles. The van der Waals surface area contributed by atoms with Crippen LogP contribution in [0.2, 0.25) is 0 Å². The molecule has 1 atom stereocenters. The average Bonchev–Trinajstić information content (AvgIpc) is 4.13. The summed E-state index contributed by atoms with van der Waals surface area (Å²) in [7, 11) is 0. The fraction of sp³-hybridized carbons (Fsp3) is 0.396. The Morgan fingerprint density at radius 3 is 2.32 bits per heavy atom. The molecule has 18 heteroatoms. The number of anilines is 3. The molecule has 1 aliphatic carbocycles. The largest absolute Gasteiger partial charge is 0.477 e. The van der Waals surface area contributed by atoms with E-state index in [1.807, 2.05) is 58.0 Å². The van der Waals surface area contributed by atoms with Gasteiger partial charge in [0.25, 0.3) is 17.7 Å². The standard InChI is InChI=1S/C48H48FN9O7S/c49-37-23-30(22-35-36(37)27-58(44(35)62)41(43(61)53-46-50-13-21-66-46)40-38-2-1-14-57(38)28-51-40)29-3-5-32(6-4-29)55-17-19-56(20-18-55)39(59)26-47(64)11-15-54(16-12-47)33-7-9-34(10-8-33)65-48-24-31(25-48)42(60)52-45(48)63/h3-10,13,21-23,28,31,41,64H,1-2,11-12,14-20,24-27H2,(H,50,53,61)(H,52,60,63). The third kappa shape index (κ3) is 7.54. The predicted molar refractivity (Wildman–Crippen MR) is 241 cm³/mol. The summed E-state index contributed by atoms with van der Waals surface area (Å²) in [5.41, 5.74) is 2.97. The minimum Gasteiger partial charge on any atom is -0.477 e. The van der Waals surface area contributed by atoms with Crippen molar-refractivity contribution < 1.29 is 38.2 Å². The molecular weight excluding hydrogens is 866 g/mol. The number of carbonyl (C=O) groups is 5. The Kier molecular flexibility index (Phi) is 10.4. The molecule has 7 aliphatic rings. The number of rotatable bonds is 11. The number of thiazole rings is 1. The van der Waals surface area contributed by atoms with E-state index in [0.29, 0.717) is 87.1 Å². The number of hydrogen-bond acceptors (Lipinski definition) is 12. The van der Waals surface area contributed by atoms with E-state index in [1.165, 1.54) is 22.3 Å². The molecule has 8 heterocycles. The number of aromatic nitrogens is 3. The van der Waals surface area contributed by atoms with Crippen LogP contribution >= 0.6 is 11.3 Å². The lowest BCUT2D eigenvalue weighted by Gasteiger charge is -2.48. The molecule has 66 heavy (non-hydrogen) atoms. The number of ether oxygens (including phenoxy) is 1. The number of amides is 5. The fourth-order valence-corrected chi connectivity index (χ4v) is 11.0. The van der Waals surface area contributed by atoms with Gasteiger partial charge in [-0.1, -0.05) is 12.1 Å². The number of nitrogens with one attached hydrogen (secondary N) is 2.